The summed E-state index contributed by atoms with van der Waals surface area (Å²) in [6, 6.07) is 5.66. The molecule has 2 saturated carbocycles. The van der Waals surface area contributed by atoms with Gasteiger partial charge in [-0.3, -0.25) is 9.59 Å². The first-order valence-corrected chi connectivity index (χ1v) is 12.2. The number of nitrogens with one attached hydrogen (secondary N) is 1. The van der Waals surface area contributed by atoms with Gasteiger partial charge in [0.05, 0.1) is 6.10 Å². The number of benzene rings is 1. The number of amides is 2. The molecule has 1 aromatic rings. The Hall–Kier alpha value is -1.95. The van der Waals surface area contributed by atoms with Gasteiger partial charge in [-0.1, -0.05) is 26.8 Å². The van der Waals surface area contributed by atoms with Gasteiger partial charge in [-0.2, -0.15) is 0 Å². The molecule has 0 unspecified atom stereocenters. The standard InChI is InChI=1S/C26H37FN2O3/c1-16(25(32)29-13-4-5-14-29)20-9-11-26(3)12-10-21(17(2)22(26)23(20)30)28-24(31)18-7-6-8-19(27)15-18/h6-8,15-17,20-23,30H,4-5,9-14H2,1-3H3,(H,28,31)/t16-,17+,20+,21-,22+,23-,26-/m0/s1. The molecule has 1 aliphatic heterocycles. The van der Waals surface area contributed by atoms with E-state index in [9.17, 15) is 19.1 Å². The third kappa shape index (κ3) is 4.30. The Bertz CT molecular complexity index is 855. The SMILES string of the molecule is C[C@H]1[C@@H]2[C@@H](O)[C@@H]([C@H](C)C(=O)N3CCCC3)CC[C@@]2(C)CC[C@@H]1NC(=O)c1cccc(F)c1. The van der Waals surface area contributed by atoms with Crippen LogP contribution in [0.15, 0.2) is 24.3 Å². The summed E-state index contributed by atoms with van der Waals surface area (Å²) in [6.45, 7) is 8.01. The van der Waals surface area contributed by atoms with Crippen molar-refractivity contribution in [3.05, 3.63) is 35.6 Å². The predicted octanol–water partition coefficient (Wildman–Crippen LogP) is 4.01. The fourth-order valence-corrected chi connectivity index (χ4v) is 6.79. The summed E-state index contributed by atoms with van der Waals surface area (Å²) in [4.78, 5) is 27.7. The maximum Gasteiger partial charge on any atom is 0.251 e. The Kier molecular flexibility index (Phi) is 6.62. The van der Waals surface area contributed by atoms with E-state index in [0.29, 0.717) is 5.56 Å². The van der Waals surface area contributed by atoms with Crippen molar-refractivity contribution in [3.63, 3.8) is 0 Å². The summed E-state index contributed by atoms with van der Waals surface area (Å²) in [6.07, 6.45) is 5.18. The van der Waals surface area contributed by atoms with Gasteiger partial charge in [0.15, 0.2) is 0 Å². The molecule has 1 aromatic carbocycles. The summed E-state index contributed by atoms with van der Waals surface area (Å²) < 4.78 is 13.6. The number of carbonyl (C=O) groups is 2. The molecule has 1 heterocycles. The van der Waals surface area contributed by atoms with Gasteiger partial charge in [-0.05, 0) is 79.9 Å². The highest BCUT2D eigenvalue weighted by atomic mass is 19.1. The van der Waals surface area contributed by atoms with E-state index < -0.39 is 11.9 Å². The smallest absolute Gasteiger partial charge is 0.251 e. The van der Waals surface area contributed by atoms with Crippen molar-refractivity contribution in [1.82, 2.24) is 10.2 Å². The lowest BCUT2D eigenvalue weighted by molar-refractivity contribution is -0.149. The minimum Gasteiger partial charge on any atom is -0.392 e. The first-order chi connectivity index (χ1) is 15.2. The van der Waals surface area contributed by atoms with E-state index in [2.05, 4.69) is 19.2 Å². The van der Waals surface area contributed by atoms with Crippen molar-refractivity contribution >= 4 is 11.8 Å². The summed E-state index contributed by atoms with van der Waals surface area (Å²) in [5.74, 6) is -0.689. The molecule has 5 nitrogen and oxygen atoms in total. The van der Waals surface area contributed by atoms with Crippen molar-refractivity contribution in [2.24, 2.45) is 29.1 Å². The molecule has 32 heavy (non-hydrogen) atoms. The van der Waals surface area contributed by atoms with Crippen LogP contribution in [-0.4, -0.2) is 47.1 Å². The molecule has 0 radical (unpaired) electrons. The lowest BCUT2D eigenvalue weighted by Crippen LogP contribution is -2.58. The van der Waals surface area contributed by atoms with E-state index in [1.165, 1.54) is 12.1 Å². The first kappa shape index (κ1) is 23.2. The summed E-state index contributed by atoms with van der Waals surface area (Å²) in [5.41, 5.74) is 0.323. The molecular formula is C26H37FN2O3. The van der Waals surface area contributed by atoms with Gasteiger partial charge >= 0.3 is 0 Å². The second kappa shape index (κ2) is 9.12. The molecule has 1 saturated heterocycles. The molecule has 2 amide bonds. The zero-order chi connectivity index (χ0) is 23.0. The topological polar surface area (TPSA) is 69.6 Å². The second-order valence-electron chi connectivity index (χ2n) is 10.7. The zero-order valence-electron chi connectivity index (χ0n) is 19.5. The summed E-state index contributed by atoms with van der Waals surface area (Å²) in [5, 5.41) is 14.6. The number of hydrogen-bond donors (Lipinski definition) is 2. The van der Waals surface area contributed by atoms with Gasteiger partial charge in [0, 0.05) is 30.6 Å². The van der Waals surface area contributed by atoms with Crippen LogP contribution in [0.3, 0.4) is 0 Å². The fourth-order valence-electron chi connectivity index (χ4n) is 6.79. The van der Waals surface area contributed by atoms with E-state index in [-0.39, 0.29) is 46.9 Å². The van der Waals surface area contributed by atoms with Crippen molar-refractivity contribution in [3.8, 4) is 0 Å². The van der Waals surface area contributed by atoms with Gasteiger partial charge in [0.2, 0.25) is 5.91 Å². The summed E-state index contributed by atoms with van der Waals surface area (Å²) in [7, 11) is 0. The molecule has 3 aliphatic rings. The van der Waals surface area contributed by atoms with Crippen LogP contribution in [-0.2, 0) is 4.79 Å². The minimum atomic E-state index is -0.570. The Morgan fingerprint density at radius 2 is 1.91 bits per heavy atom. The number of nitrogens with zero attached hydrogens (tertiary/aromatic N) is 1. The van der Waals surface area contributed by atoms with Crippen molar-refractivity contribution in [2.45, 2.75) is 71.4 Å². The van der Waals surface area contributed by atoms with Gasteiger partial charge < -0.3 is 15.3 Å². The van der Waals surface area contributed by atoms with Crippen LogP contribution in [0.5, 0.6) is 0 Å². The largest absolute Gasteiger partial charge is 0.392 e. The van der Waals surface area contributed by atoms with Crippen LogP contribution >= 0.6 is 0 Å². The predicted molar refractivity (Wildman–Crippen MR) is 121 cm³/mol. The molecule has 2 N–H and O–H groups in total. The Morgan fingerprint density at radius 1 is 1.22 bits per heavy atom. The molecule has 2 aliphatic carbocycles. The van der Waals surface area contributed by atoms with Crippen LogP contribution in [0.1, 0.15) is 69.7 Å². The lowest BCUT2D eigenvalue weighted by atomic mass is 9.51. The average molecular weight is 445 g/mol. The second-order valence-corrected chi connectivity index (χ2v) is 10.7. The number of hydrogen-bond acceptors (Lipinski definition) is 3. The van der Waals surface area contributed by atoms with Crippen LogP contribution in [0.25, 0.3) is 0 Å². The molecule has 7 atom stereocenters. The van der Waals surface area contributed by atoms with Crippen LogP contribution in [0, 0.1) is 34.9 Å². The Labute approximate surface area is 190 Å². The van der Waals surface area contributed by atoms with E-state index in [1.54, 1.807) is 12.1 Å². The maximum atomic E-state index is 13.6. The lowest BCUT2D eigenvalue weighted by Gasteiger charge is -2.56. The molecule has 0 aromatic heterocycles. The molecule has 4 rings (SSSR count). The summed E-state index contributed by atoms with van der Waals surface area (Å²) >= 11 is 0. The van der Waals surface area contributed by atoms with Gasteiger partial charge in [0.25, 0.3) is 5.91 Å². The van der Waals surface area contributed by atoms with Crippen molar-refractivity contribution in [1.29, 1.82) is 0 Å². The third-order valence-corrected chi connectivity index (χ3v) is 8.74. The van der Waals surface area contributed by atoms with Gasteiger partial charge in [-0.15, -0.1) is 0 Å². The number of aliphatic hydroxyl groups is 1. The van der Waals surface area contributed by atoms with E-state index in [0.717, 1.165) is 51.6 Å². The van der Waals surface area contributed by atoms with Crippen LogP contribution in [0.2, 0.25) is 0 Å². The van der Waals surface area contributed by atoms with Crippen molar-refractivity contribution < 1.29 is 19.1 Å². The average Bonchev–Trinajstić information content (AvgIpc) is 3.30. The molecule has 3 fully saturated rings. The molecule has 0 spiro atoms. The van der Waals surface area contributed by atoms with E-state index in [4.69, 9.17) is 0 Å². The molecule has 0 bridgehead atoms. The number of likely N-dealkylation sites (tertiary alicyclic amines) is 1. The number of rotatable bonds is 4. The monoisotopic (exact) mass is 444 g/mol. The normalized spacial score (nSPS) is 35.8. The van der Waals surface area contributed by atoms with Crippen molar-refractivity contribution in [2.75, 3.05) is 13.1 Å². The number of carbonyl (C=O) groups excluding carboxylic acids is 2. The molecule has 6 heteroatoms. The number of halogens is 1. The fraction of sp³-hybridized carbons (Fsp3) is 0.692. The Morgan fingerprint density at radius 3 is 2.59 bits per heavy atom. The first-order valence-electron chi connectivity index (χ1n) is 12.2. The highest BCUT2D eigenvalue weighted by molar-refractivity contribution is 5.94. The number of fused-ring (bicyclic) bond motifs is 1. The minimum absolute atomic E-state index is 0.00578. The highest BCUT2D eigenvalue weighted by Gasteiger charge is 2.54. The highest BCUT2D eigenvalue weighted by Crippen LogP contribution is 2.55. The van der Waals surface area contributed by atoms with Crippen LogP contribution < -0.4 is 5.32 Å². The number of aliphatic hydroxyl groups excluding tert-OH is 1. The Balaban J connectivity index is 1.48. The molecule has 176 valence electrons. The van der Waals surface area contributed by atoms with Gasteiger partial charge in [0.1, 0.15) is 5.82 Å². The third-order valence-electron chi connectivity index (χ3n) is 8.74. The van der Waals surface area contributed by atoms with Crippen LogP contribution in [0.4, 0.5) is 4.39 Å². The van der Waals surface area contributed by atoms with E-state index >= 15 is 0 Å². The zero-order valence-corrected chi connectivity index (χ0v) is 19.5. The van der Waals surface area contributed by atoms with E-state index in [1.807, 2.05) is 11.8 Å². The molecular weight excluding hydrogens is 407 g/mol. The van der Waals surface area contributed by atoms with Gasteiger partial charge in [-0.25, -0.2) is 4.39 Å². The quantitative estimate of drug-likeness (QED) is 0.737. The maximum absolute atomic E-state index is 13.6.